The molecule has 0 saturated carbocycles. The predicted molar refractivity (Wildman–Crippen MR) is 158 cm³/mol. The van der Waals surface area contributed by atoms with Gasteiger partial charge in [0.05, 0.1) is 28.0 Å². The number of rotatable bonds is 3. The highest BCUT2D eigenvalue weighted by molar-refractivity contribution is 6.79. The molecule has 2 aromatic carbocycles. The molecule has 2 aliphatic heterocycles. The third-order valence-electron chi connectivity index (χ3n) is 8.21. The van der Waals surface area contributed by atoms with Crippen LogP contribution in [0.5, 0.6) is 11.5 Å². The monoisotopic (exact) mass is 580 g/mol. The maximum absolute atomic E-state index is 10.8. The van der Waals surface area contributed by atoms with Gasteiger partial charge in [0.1, 0.15) is 11.5 Å². The summed E-state index contributed by atoms with van der Waals surface area (Å²) in [5.41, 5.74) is 1.86. The highest BCUT2D eigenvalue weighted by atomic mass is 35.5. The van der Waals surface area contributed by atoms with Crippen molar-refractivity contribution in [2.45, 2.75) is 102 Å². The first-order valence-corrected chi connectivity index (χ1v) is 19.5. The fourth-order valence-electron chi connectivity index (χ4n) is 6.74. The van der Waals surface area contributed by atoms with Crippen molar-refractivity contribution in [3.05, 3.63) is 57.6 Å². The van der Waals surface area contributed by atoms with Crippen LogP contribution in [-0.2, 0) is 8.85 Å². The highest BCUT2D eigenvalue weighted by Crippen LogP contribution is 2.68. The Morgan fingerprint density at radius 1 is 1.03 bits per heavy atom. The summed E-state index contributed by atoms with van der Waals surface area (Å²) in [6.07, 6.45) is -0.256. The molecule has 1 unspecified atom stereocenters. The van der Waals surface area contributed by atoms with Gasteiger partial charge in [0.25, 0.3) is 0 Å². The number of aromatic hydroxyl groups is 1. The number of phenols is 1. The van der Waals surface area contributed by atoms with E-state index < -0.39 is 22.4 Å². The summed E-state index contributed by atoms with van der Waals surface area (Å²) in [6, 6.07) is 12.6. The zero-order valence-corrected chi connectivity index (χ0v) is 27.3. The minimum atomic E-state index is -2.69. The average Bonchev–Trinajstić information content (AvgIpc) is 3.01. The van der Waals surface area contributed by atoms with Crippen molar-refractivity contribution in [2.24, 2.45) is 5.92 Å². The molecule has 204 valence electrons. The largest absolute Gasteiger partial charge is 0.506 e. The lowest BCUT2D eigenvalue weighted by atomic mass is 9.81. The Hall–Kier alpha value is -1.03. The van der Waals surface area contributed by atoms with E-state index in [0.717, 1.165) is 17.2 Å². The minimum absolute atomic E-state index is 0.0333. The Bertz CT molecular complexity index is 1150. The molecule has 4 nitrogen and oxygen atoms in total. The van der Waals surface area contributed by atoms with E-state index in [9.17, 15) is 5.11 Å². The Morgan fingerprint density at radius 3 is 2.11 bits per heavy atom. The quantitative estimate of drug-likeness (QED) is 0.367. The zero-order valence-electron chi connectivity index (χ0n) is 23.8. The van der Waals surface area contributed by atoms with Crippen LogP contribution >= 0.6 is 23.2 Å². The van der Waals surface area contributed by atoms with Crippen LogP contribution in [0.4, 0.5) is 0 Å². The number of hydrogen-bond donors (Lipinski definition) is 1. The Morgan fingerprint density at radius 2 is 1.59 bits per heavy atom. The molecule has 1 fully saturated rings. The topological polar surface area (TPSA) is 47.9 Å². The summed E-state index contributed by atoms with van der Waals surface area (Å²) in [7, 11) is -4.86. The summed E-state index contributed by atoms with van der Waals surface area (Å²) in [5.74, 6) is -0.986. The van der Waals surface area contributed by atoms with Crippen molar-refractivity contribution in [1.82, 2.24) is 0 Å². The summed E-state index contributed by atoms with van der Waals surface area (Å²) in [5, 5.41) is 11.2. The lowest BCUT2D eigenvalue weighted by molar-refractivity contribution is -0.175. The van der Waals surface area contributed by atoms with Crippen LogP contribution in [0.25, 0.3) is 0 Å². The molecule has 8 heteroatoms. The first-order chi connectivity index (χ1) is 16.8. The minimum Gasteiger partial charge on any atom is -0.506 e. The van der Waals surface area contributed by atoms with Crippen LogP contribution < -0.4 is 4.74 Å². The van der Waals surface area contributed by atoms with Gasteiger partial charge in [-0.25, -0.2) is 0 Å². The SMILES string of the molecule is C[C@@H]1[C@@H](c2ccccc2)O[Si](C(C)(C)C)(C(C)(C)C)C[C@@H]2c3c(Cl)c(O)cc(Cl)c3OC21O[Si](C)(C)C. The molecule has 0 radical (unpaired) electrons. The molecule has 37 heavy (non-hydrogen) atoms. The Balaban J connectivity index is 2.11. The summed E-state index contributed by atoms with van der Waals surface area (Å²) in [4.78, 5) is 0. The van der Waals surface area contributed by atoms with Gasteiger partial charge >= 0.3 is 0 Å². The molecule has 0 aliphatic carbocycles. The van der Waals surface area contributed by atoms with Crippen LogP contribution in [-0.4, -0.2) is 27.5 Å². The standard InChI is InChI=1S/C29H42Cl2O4Si2/c1-18-25(19-14-12-11-13-15-19)34-37(27(2,3)4,28(5,6)7)17-20-23-24(31)22(32)16-21(30)26(23)33-29(18,20)35-36(8,9)10/h11-16,18,20,25,32H,17H2,1-10H3/t18-,20-,25+,29?/m1/s1. The van der Waals surface area contributed by atoms with Crippen LogP contribution in [0.1, 0.15) is 71.6 Å². The van der Waals surface area contributed by atoms with E-state index in [-0.39, 0.29) is 33.8 Å². The van der Waals surface area contributed by atoms with Crippen molar-refractivity contribution >= 4 is 39.8 Å². The molecule has 4 atom stereocenters. The molecule has 0 amide bonds. The van der Waals surface area contributed by atoms with E-state index in [1.54, 1.807) is 0 Å². The number of fused-ring (bicyclic) bond motifs is 3. The molecule has 4 rings (SSSR count). The number of benzene rings is 2. The van der Waals surface area contributed by atoms with Gasteiger partial charge < -0.3 is 18.7 Å². The van der Waals surface area contributed by atoms with Gasteiger partial charge in [0.15, 0.2) is 8.32 Å². The van der Waals surface area contributed by atoms with Gasteiger partial charge in [-0.3, -0.25) is 0 Å². The van der Waals surface area contributed by atoms with Gasteiger partial charge in [-0.05, 0) is 41.3 Å². The molecular weight excluding hydrogens is 539 g/mol. The van der Waals surface area contributed by atoms with E-state index in [2.05, 4.69) is 92.4 Å². The zero-order chi connectivity index (χ0) is 27.8. The van der Waals surface area contributed by atoms with E-state index in [4.69, 9.17) is 36.8 Å². The third kappa shape index (κ3) is 4.70. The summed E-state index contributed by atoms with van der Waals surface area (Å²) >= 11 is 13.6. The Labute approximate surface area is 234 Å². The smallest absolute Gasteiger partial charge is 0.213 e. The lowest BCUT2D eigenvalue weighted by Gasteiger charge is -2.52. The normalized spacial score (nSPS) is 27.7. The molecule has 1 N–H and O–H groups in total. The van der Waals surface area contributed by atoms with Gasteiger partial charge in [0, 0.05) is 11.6 Å². The maximum atomic E-state index is 10.8. The molecule has 2 aromatic rings. The lowest BCUT2D eigenvalue weighted by Crippen LogP contribution is -2.56. The van der Waals surface area contributed by atoms with Crippen molar-refractivity contribution in [3.63, 3.8) is 0 Å². The number of halogens is 2. The number of hydrogen-bond acceptors (Lipinski definition) is 4. The van der Waals surface area contributed by atoms with E-state index in [1.807, 2.05) is 6.07 Å². The molecule has 1 saturated heterocycles. The second kappa shape index (κ2) is 9.27. The molecule has 0 spiro atoms. The van der Waals surface area contributed by atoms with Gasteiger partial charge in [-0.15, -0.1) is 0 Å². The van der Waals surface area contributed by atoms with Crippen molar-refractivity contribution in [3.8, 4) is 11.5 Å². The second-order valence-corrected chi connectivity index (χ2v) is 24.3. The van der Waals surface area contributed by atoms with E-state index >= 15 is 0 Å². The molecule has 0 bridgehead atoms. The first kappa shape index (κ1) is 29.0. The van der Waals surface area contributed by atoms with E-state index in [0.29, 0.717) is 15.8 Å². The fraction of sp³-hybridized carbons (Fsp3) is 0.586. The first-order valence-electron chi connectivity index (χ1n) is 13.2. The molecule has 0 aromatic heterocycles. The molecular formula is C29H42Cl2O4Si2. The van der Waals surface area contributed by atoms with Gasteiger partial charge in [0.2, 0.25) is 14.1 Å². The predicted octanol–water partition coefficient (Wildman–Crippen LogP) is 9.68. The van der Waals surface area contributed by atoms with Crippen LogP contribution in [0.3, 0.4) is 0 Å². The Kier molecular flexibility index (Phi) is 7.26. The van der Waals surface area contributed by atoms with E-state index in [1.165, 1.54) is 6.07 Å². The summed E-state index contributed by atoms with van der Waals surface area (Å²) in [6.45, 7) is 22.5. The molecule has 2 aliphatic rings. The molecule has 2 heterocycles. The second-order valence-electron chi connectivity index (χ2n) is 13.8. The van der Waals surface area contributed by atoms with Crippen LogP contribution in [0.2, 0.25) is 45.8 Å². The third-order valence-corrected chi connectivity index (χ3v) is 16.3. The number of phenolic OH excluding ortho intramolecular Hbond substituents is 1. The average molecular weight is 582 g/mol. The van der Waals surface area contributed by atoms with Crippen LogP contribution in [0.15, 0.2) is 36.4 Å². The van der Waals surface area contributed by atoms with Gasteiger partial charge in [-0.2, -0.15) is 0 Å². The van der Waals surface area contributed by atoms with Gasteiger partial charge in [-0.1, -0.05) is 102 Å². The summed E-state index contributed by atoms with van der Waals surface area (Å²) < 4.78 is 21.6. The maximum Gasteiger partial charge on any atom is 0.213 e. The van der Waals surface area contributed by atoms with Crippen molar-refractivity contribution in [2.75, 3.05) is 0 Å². The van der Waals surface area contributed by atoms with Crippen molar-refractivity contribution < 1.29 is 18.7 Å². The highest BCUT2D eigenvalue weighted by Gasteiger charge is 2.68. The number of ether oxygens (including phenoxy) is 1. The fourth-order valence-corrected chi connectivity index (χ4v) is 14.7. The van der Waals surface area contributed by atoms with Crippen molar-refractivity contribution in [1.29, 1.82) is 0 Å². The van der Waals surface area contributed by atoms with Crippen LogP contribution in [0, 0.1) is 5.92 Å².